The maximum Gasteiger partial charge on any atom is 0.417 e. The lowest BCUT2D eigenvalue weighted by molar-refractivity contribution is -0.271. The molecule has 82 valence electrons. The number of rotatable bonds is 1. The number of carbonyl (C=O) groups is 1. The summed E-state index contributed by atoms with van der Waals surface area (Å²) in [6.07, 6.45) is -5.94. The third kappa shape index (κ3) is 2.00. The highest BCUT2D eigenvalue weighted by Crippen LogP contribution is 2.42. The normalized spacial score (nSPS) is 34.1. The zero-order chi connectivity index (χ0) is 11.0. The standard InChI is InChI=1S/C8H11F3O3/c9-8(10,11)7(14)3-1-5(2-4-7)6(12)13/h5,14H,1-4H2,(H,12,13). The Morgan fingerprint density at radius 3 is 2.00 bits per heavy atom. The maximum atomic E-state index is 12.3. The predicted molar refractivity (Wildman–Crippen MR) is 40.6 cm³/mol. The summed E-state index contributed by atoms with van der Waals surface area (Å²) in [5, 5.41) is 17.7. The van der Waals surface area contributed by atoms with Crippen LogP contribution in [0.2, 0.25) is 0 Å². The van der Waals surface area contributed by atoms with E-state index in [1.54, 1.807) is 0 Å². The van der Waals surface area contributed by atoms with Crippen molar-refractivity contribution in [2.24, 2.45) is 5.92 Å². The maximum absolute atomic E-state index is 12.3. The third-order valence-electron chi connectivity index (χ3n) is 2.69. The van der Waals surface area contributed by atoms with Crippen LogP contribution >= 0.6 is 0 Å². The minimum atomic E-state index is -4.66. The van der Waals surface area contributed by atoms with Gasteiger partial charge in [-0.2, -0.15) is 13.2 Å². The van der Waals surface area contributed by atoms with E-state index in [0.29, 0.717) is 0 Å². The molecule has 14 heavy (non-hydrogen) atoms. The summed E-state index contributed by atoms with van der Waals surface area (Å²) < 4.78 is 36.8. The second-order valence-corrected chi connectivity index (χ2v) is 3.64. The van der Waals surface area contributed by atoms with Crippen molar-refractivity contribution in [3.8, 4) is 0 Å². The SMILES string of the molecule is O=C(O)C1CCC(O)(C(F)(F)F)CC1. The summed E-state index contributed by atoms with van der Waals surface area (Å²) in [5.74, 6) is -1.84. The molecule has 1 aliphatic carbocycles. The van der Waals surface area contributed by atoms with Gasteiger partial charge >= 0.3 is 12.1 Å². The number of halogens is 3. The fourth-order valence-corrected chi connectivity index (χ4v) is 1.63. The molecule has 3 nitrogen and oxygen atoms in total. The molecule has 0 aromatic carbocycles. The molecule has 1 saturated carbocycles. The van der Waals surface area contributed by atoms with Gasteiger partial charge in [0.15, 0.2) is 5.60 Å². The number of carboxylic acid groups (broad SMARTS) is 1. The fraction of sp³-hybridized carbons (Fsp3) is 0.875. The molecule has 1 aliphatic rings. The van der Waals surface area contributed by atoms with E-state index in [1.807, 2.05) is 0 Å². The first kappa shape index (κ1) is 11.3. The van der Waals surface area contributed by atoms with Gasteiger partial charge in [-0.1, -0.05) is 0 Å². The average molecular weight is 212 g/mol. The average Bonchev–Trinajstić information content (AvgIpc) is 2.03. The molecule has 0 aromatic heterocycles. The third-order valence-corrected chi connectivity index (χ3v) is 2.69. The summed E-state index contributed by atoms with van der Waals surface area (Å²) in [6, 6.07) is 0. The number of aliphatic hydroxyl groups is 1. The van der Waals surface area contributed by atoms with Gasteiger partial charge in [0.1, 0.15) is 0 Å². The van der Waals surface area contributed by atoms with Gasteiger partial charge in [-0.3, -0.25) is 4.79 Å². The lowest BCUT2D eigenvalue weighted by atomic mass is 9.78. The quantitative estimate of drug-likeness (QED) is 0.693. The fourth-order valence-electron chi connectivity index (χ4n) is 1.63. The Kier molecular flexibility index (Phi) is 2.76. The number of hydrogen-bond acceptors (Lipinski definition) is 2. The Labute approximate surface area is 78.5 Å². The van der Waals surface area contributed by atoms with Crippen molar-refractivity contribution in [2.45, 2.75) is 37.5 Å². The van der Waals surface area contributed by atoms with Crippen molar-refractivity contribution in [1.82, 2.24) is 0 Å². The van der Waals surface area contributed by atoms with Crippen molar-refractivity contribution >= 4 is 5.97 Å². The molecular weight excluding hydrogens is 201 g/mol. The Morgan fingerprint density at radius 2 is 1.71 bits per heavy atom. The molecule has 1 rings (SSSR count). The lowest BCUT2D eigenvalue weighted by Gasteiger charge is -2.35. The molecule has 2 N–H and O–H groups in total. The van der Waals surface area contributed by atoms with Crippen LogP contribution in [-0.2, 0) is 4.79 Å². The minimum Gasteiger partial charge on any atom is -0.481 e. The van der Waals surface area contributed by atoms with E-state index in [2.05, 4.69) is 0 Å². The number of alkyl halides is 3. The van der Waals surface area contributed by atoms with Crippen LogP contribution in [0.4, 0.5) is 13.2 Å². The second-order valence-electron chi connectivity index (χ2n) is 3.64. The molecule has 0 bridgehead atoms. The molecule has 0 amide bonds. The zero-order valence-corrected chi connectivity index (χ0v) is 7.34. The van der Waals surface area contributed by atoms with Crippen LogP contribution in [0.3, 0.4) is 0 Å². The van der Waals surface area contributed by atoms with E-state index >= 15 is 0 Å². The lowest BCUT2D eigenvalue weighted by Crippen LogP contribution is -2.48. The van der Waals surface area contributed by atoms with Crippen LogP contribution in [0.15, 0.2) is 0 Å². The van der Waals surface area contributed by atoms with Gasteiger partial charge < -0.3 is 10.2 Å². The van der Waals surface area contributed by atoms with E-state index < -0.39 is 36.5 Å². The van der Waals surface area contributed by atoms with Gasteiger partial charge in [-0.25, -0.2) is 0 Å². The predicted octanol–water partition coefficient (Wildman–Crippen LogP) is 1.55. The van der Waals surface area contributed by atoms with E-state index in [-0.39, 0.29) is 12.8 Å². The molecular formula is C8H11F3O3. The second kappa shape index (κ2) is 3.42. The first-order valence-corrected chi connectivity index (χ1v) is 4.28. The van der Waals surface area contributed by atoms with E-state index in [4.69, 9.17) is 5.11 Å². The summed E-state index contributed by atoms with van der Waals surface area (Å²) in [5.41, 5.74) is -2.68. The molecule has 0 aliphatic heterocycles. The highest BCUT2D eigenvalue weighted by atomic mass is 19.4. The zero-order valence-electron chi connectivity index (χ0n) is 7.34. The van der Waals surface area contributed by atoms with E-state index in [9.17, 15) is 23.1 Å². The van der Waals surface area contributed by atoms with Crippen molar-refractivity contribution in [2.75, 3.05) is 0 Å². The van der Waals surface area contributed by atoms with E-state index in [0.717, 1.165) is 0 Å². The Bertz CT molecular complexity index is 228. The van der Waals surface area contributed by atoms with Crippen LogP contribution in [0, 0.1) is 5.92 Å². The van der Waals surface area contributed by atoms with Gasteiger partial charge in [-0.05, 0) is 25.7 Å². The van der Waals surface area contributed by atoms with Gasteiger partial charge in [0.05, 0.1) is 5.92 Å². The van der Waals surface area contributed by atoms with E-state index in [1.165, 1.54) is 0 Å². The molecule has 0 saturated heterocycles. The molecule has 0 aromatic rings. The highest BCUT2D eigenvalue weighted by molar-refractivity contribution is 5.70. The molecule has 0 atom stereocenters. The number of carboxylic acids is 1. The number of hydrogen-bond donors (Lipinski definition) is 2. The largest absolute Gasteiger partial charge is 0.481 e. The summed E-state index contributed by atoms with van der Waals surface area (Å²) in [7, 11) is 0. The molecule has 6 heteroatoms. The van der Waals surface area contributed by atoms with Crippen molar-refractivity contribution in [1.29, 1.82) is 0 Å². The van der Waals surface area contributed by atoms with Gasteiger partial charge in [-0.15, -0.1) is 0 Å². The van der Waals surface area contributed by atoms with Gasteiger partial charge in [0.2, 0.25) is 0 Å². The summed E-state index contributed by atoms with van der Waals surface area (Å²) in [4.78, 5) is 10.5. The first-order chi connectivity index (χ1) is 6.26. The topological polar surface area (TPSA) is 57.5 Å². The van der Waals surface area contributed by atoms with Crippen molar-refractivity contribution in [3.63, 3.8) is 0 Å². The molecule has 0 unspecified atom stereocenters. The van der Waals surface area contributed by atoms with Crippen molar-refractivity contribution in [3.05, 3.63) is 0 Å². The Hall–Kier alpha value is -0.780. The summed E-state index contributed by atoms with van der Waals surface area (Å²) in [6.45, 7) is 0. The van der Waals surface area contributed by atoms with Crippen LogP contribution in [0.25, 0.3) is 0 Å². The summed E-state index contributed by atoms with van der Waals surface area (Å²) >= 11 is 0. The molecule has 0 spiro atoms. The van der Waals surface area contributed by atoms with Crippen molar-refractivity contribution < 1.29 is 28.2 Å². The van der Waals surface area contributed by atoms with Crippen LogP contribution in [0.5, 0.6) is 0 Å². The van der Waals surface area contributed by atoms with Gasteiger partial charge in [0, 0.05) is 0 Å². The Balaban J connectivity index is 2.62. The monoisotopic (exact) mass is 212 g/mol. The highest BCUT2D eigenvalue weighted by Gasteiger charge is 2.55. The molecule has 1 fully saturated rings. The Morgan fingerprint density at radius 1 is 1.29 bits per heavy atom. The van der Waals surface area contributed by atoms with Crippen LogP contribution < -0.4 is 0 Å². The molecule has 0 heterocycles. The first-order valence-electron chi connectivity index (χ1n) is 4.28. The molecule has 0 radical (unpaired) electrons. The minimum absolute atomic E-state index is 0.120. The smallest absolute Gasteiger partial charge is 0.417 e. The van der Waals surface area contributed by atoms with Gasteiger partial charge in [0.25, 0.3) is 0 Å². The van der Waals surface area contributed by atoms with Crippen LogP contribution in [-0.4, -0.2) is 28.0 Å². The van der Waals surface area contributed by atoms with Crippen LogP contribution in [0.1, 0.15) is 25.7 Å². The number of aliphatic carboxylic acids is 1.